The molecule has 1 heterocycles. The maximum atomic E-state index is 9.48. The van der Waals surface area contributed by atoms with Crippen molar-refractivity contribution in [2.75, 3.05) is 0 Å². The highest BCUT2D eigenvalue weighted by atomic mass is 16.3. The SMILES string of the molecule is CC(O)n1c[n+](C)c2ccccc21. The molecule has 0 fully saturated rings. The van der Waals surface area contributed by atoms with E-state index in [0.29, 0.717) is 0 Å². The quantitative estimate of drug-likeness (QED) is 0.646. The average Bonchev–Trinajstić information content (AvgIpc) is 2.45. The molecule has 0 saturated carbocycles. The minimum Gasteiger partial charge on any atom is -0.355 e. The second kappa shape index (κ2) is 2.85. The Bertz CT molecular complexity index is 431. The van der Waals surface area contributed by atoms with Crippen LogP contribution in [0.1, 0.15) is 13.2 Å². The zero-order valence-electron chi connectivity index (χ0n) is 7.81. The van der Waals surface area contributed by atoms with Gasteiger partial charge in [-0.05, 0) is 12.1 Å². The molecule has 68 valence electrons. The molecule has 2 aromatic rings. The van der Waals surface area contributed by atoms with E-state index >= 15 is 0 Å². The number of benzene rings is 1. The molecule has 0 spiro atoms. The van der Waals surface area contributed by atoms with E-state index in [1.165, 1.54) is 0 Å². The molecule has 1 aromatic heterocycles. The Kier molecular flexibility index (Phi) is 1.81. The minimum absolute atomic E-state index is 0.480. The van der Waals surface area contributed by atoms with E-state index < -0.39 is 6.23 Å². The van der Waals surface area contributed by atoms with E-state index in [1.807, 2.05) is 46.8 Å². The van der Waals surface area contributed by atoms with Gasteiger partial charge in [0.1, 0.15) is 0 Å². The van der Waals surface area contributed by atoms with Gasteiger partial charge in [-0.1, -0.05) is 12.1 Å². The summed E-state index contributed by atoms with van der Waals surface area (Å²) in [6.45, 7) is 1.76. The van der Waals surface area contributed by atoms with E-state index in [9.17, 15) is 5.11 Å². The Labute approximate surface area is 76.9 Å². The normalized spacial score (nSPS) is 13.5. The summed E-state index contributed by atoms with van der Waals surface area (Å²) in [7, 11) is 1.97. The smallest absolute Gasteiger partial charge is 0.246 e. The standard InChI is InChI=1S/C10H13N2O/c1-8(13)12-7-11(2)9-5-3-4-6-10(9)12/h3-8,13H,1-2H3/q+1. The van der Waals surface area contributed by atoms with Crippen LogP contribution in [-0.4, -0.2) is 9.67 Å². The van der Waals surface area contributed by atoms with Gasteiger partial charge in [-0.25, -0.2) is 9.13 Å². The summed E-state index contributed by atoms with van der Waals surface area (Å²) in [5.74, 6) is 0. The topological polar surface area (TPSA) is 29.0 Å². The first-order chi connectivity index (χ1) is 6.20. The van der Waals surface area contributed by atoms with E-state index in [4.69, 9.17) is 0 Å². The van der Waals surface area contributed by atoms with Gasteiger partial charge < -0.3 is 5.11 Å². The Morgan fingerprint density at radius 3 is 2.77 bits per heavy atom. The summed E-state index contributed by atoms with van der Waals surface area (Å²) in [6.07, 6.45) is 1.42. The number of hydrogen-bond donors (Lipinski definition) is 1. The third-order valence-corrected chi connectivity index (χ3v) is 2.24. The van der Waals surface area contributed by atoms with E-state index in [1.54, 1.807) is 6.92 Å². The third kappa shape index (κ3) is 1.21. The number of imidazole rings is 1. The van der Waals surface area contributed by atoms with Crippen LogP contribution in [0.25, 0.3) is 11.0 Å². The van der Waals surface area contributed by atoms with Crippen molar-refractivity contribution in [3.8, 4) is 0 Å². The second-order valence-corrected chi connectivity index (χ2v) is 3.25. The number of fused-ring (bicyclic) bond motifs is 1. The fourth-order valence-corrected chi connectivity index (χ4v) is 1.59. The second-order valence-electron chi connectivity index (χ2n) is 3.25. The highest BCUT2D eigenvalue weighted by Gasteiger charge is 2.14. The van der Waals surface area contributed by atoms with Crippen LogP contribution in [0.2, 0.25) is 0 Å². The number of aryl methyl sites for hydroxylation is 1. The number of rotatable bonds is 1. The van der Waals surface area contributed by atoms with Crippen LogP contribution in [0.15, 0.2) is 30.6 Å². The van der Waals surface area contributed by atoms with Crippen LogP contribution in [-0.2, 0) is 7.05 Å². The molecular formula is C10H13N2O+. The Hall–Kier alpha value is -1.35. The van der Waals surface area contributed by atoms with Crippen molar-refractivity contribution >= 4 is 11.0 Å². The third-order valence-electron chi connectivity index (χ3n) is 2.24. The number of aliphatic hydroxyl groups is 1. The van der Waals surface area contributed by atoms with Crippen molar-refractivity contribution in [2.45, 2.75) is 13.2 Å². The monoisotopic (exact) mass is 177 g/mol. The molecule has 13 heavy (non-hydrogen) atoms. The summed E-state index contributed by atoms with van der Waals surface area (Å²) in [6, 6.07) is 8.01. The van der Waals surface area contributed by atoms with Gasteiger partial charge in [0.15, 0.2) is 17.3 Å². The fraction of sp³-hybridized carbons (Fsp3) is 0.300. The largest absolute Gasteiger partial charge is 0.355 e. The molecule has 2 rings (SSSR count). The van der Waals surface area contributed by atoms with Crippen LogP contribution in [0.4, 0.5) is 0 Å². The molecule has 0 aliphatic carbocycles. The van der Waals surface area contributed by atoms with Crippen molar-refractivity contribution < 1.29 is 9.67 Å². The van der Waals surface area contributed by atoms with E-state index in [2.05, 4.69) is 0 Å². The summed E-state index contributed by atoms with van der Waals surface area (Å²) in [5.41, 5.74) is 2.18. The summed E-state index contributed by atoms with van der Waals surface area (Å²) in [4.78, 5) is 0. The zero-order chi connectivity index (χ0) is 9.42. The van der Waals surface area contributed by atoms with Crippen molar-refractivity contribution in [3.05, 3.63) is 30.6 Å². The molecule has 1 N–H and O–H groups in total. The predicted molar refractivity (Wildman–Crippen MR) is 50.0 cm³/mol. The van der Waals surface area contributed by atoms with Gasteiger partial charge in [-0.3, -0.25) is 0 Å². The fourth-order valence-electron chi connectivity index (χ4n) is 1.59. The van der Waals surface area contributed by atoms with Crippen LogP contribution >= 0.6 is 0 Å². The molecule has 0 aliphatic rings. The summed E-state index contributed by atoms with van der Waals surface area (Å²) < 4.78 is 3.84. The van der Waals surface area contributed by atoms with Gasteiger partial charge >= 0.3 is 0 Å². The van der Waals surface area contributed by atoms with Gasteiger partial charge in [0.2, 0.25) is 6.33 Å². The minimum atomic E-state index is -0.480. The first-order valence-electron chi connectivity index (χ1n) is 4.33. The maximum Gasteiger partial charge on any atom is 0.246 e. The molecule has 0 aliphatic heterocycles. The Morgan fingerprint density at radius 1 is 1.38 bits per heavy atom. The van der Waals surface area contributed by atoms with Gasteiger partial charge in [0, 0.05) is 6.92 Å². The van der Waals surface area contributed by atoms with Crippen LogP contribution in [0.5, 0.6) is 0 Å². The predicted octanol–water partition coefficient (Wildman–Crippen LogP) is 0.977. The maximum absolute atomic E-state index is 9.48. The van der Waals surface area contributed by atoms with Crippen molar-refractivity contribution in [3.63, 3.8) is 0 Å². The Morgan fingerprint density at radius 2 is 2.08 bits per heavy atom. The number of para-hydroxylation sites is 2. The van der Waals surface area contributed by atoms with Gasteiger partial charge in [0.05, 0.1) is 7.05 Å². The Balaban J connectivity index is 2.78. The first kappa shape index (κ1) is 8.26. The van der Waals surface area contributed by atoms with Crippen LogP contribution in [0, 0.1) is 0 Å². The molecule has 1 aromatic carbocycles. The molecule has 0 bridgehead atoms. The van der Waals surface area contributed by atoms with Crippen molar-refractivity contribution in [1.29, 1.82) is 0 Å². The zero-order valence-corrected chi connectivity index (χ0v) is 7.81. The number of aromatic nitrogens is 2. The summed E-state index contributed by atoms with van der Waals surface area (Å²) in [5, 5.41) is 9.48. The van der Waals surface area contributed by atoms with Gasteiger partial charge in [-0.2, -0.15) is 0 Å². The lowest BCUT2D eigenvalue weighted by atomic mass is 10.3. The molecule has 1 atom stereocenters. The lowest BCUT2D eigenvalue weighted by Crippen LogP contribution is -2.25. The van der Waals surface area contributed by atoms with Crippen molar-refractivity contribution in [1.82, 2.24) is 4.57 Å². The molecular weight excluding hydrogens is 164 g/mol. The van der Waals surface area contributed by atoms with Crippen LogP contribution in [0.3, 0.4) is 0 Å². The first-order valence-corrected chi connectivity index (χ1v) is 4.33. The highest BCUT2D eigenvalue weighted by molar-refractivity contribution is 5.71. The van der Waals surface area contributed by atoms with Crippen LogP contribution < -0.4 is 4.57 Å². The number of hydrogen-bond acceptors (Lipinski definition) is 1. The van der Waals surface area contributed by atoms with Gasteiger partial charge in [-0.15, -0.1) is 0 Å². The lowest BCUT2D eigenvalue weighted by Gasteiger charge is -1.98. The molecule has 0 amide bonds. The molecule has 3 heteroatoms. The number of nitrogens with zero attached hydrogens (tertiary/aromatic N) is 2. The van der Waals surface area contributed by atoms with Crippen molar-refractivity contribution in [2.24, 2.45) is 7.05 Å². The molecule has 0 saturated heterocycles. The summed E-state index contributed by atoms with van der Waals surface area (Å²) >= 11 is 0. The molecule has 0 radical (unpaired) electrons. The highest BCUT2D eigenvalue weighted by Crippen LogP contribution is 2.13. The lowest BCUT2D eigenvalue weighted by molar-refractivity contribution is -0.646. The number of aliphatic hydroxyl groups excluding tert-OH is 1. The molecule has 3 nitrogen and oxygen atoms in total. The van der Waals surface area contributed by atoms with E-state index in [0.717, 1.165) is 11.0 Å². The molecule has 1 unspecified atom stereocenters. The van der Waals surface area contributed by atoms with E-state index in [-0.39, 0.29) is 0 Å². The average molecular weight is 177 g/mol. The van der Waals surface area contributed by atoms with Gasteiger partial charge in [0.25, 0.3) is 0 Å².